The molecule has 0 spiro atoms. The van der Waals surface area contributed by atoms with Crippen molar-refractivity contribution in [3.63, 3.8) is 0 Å². The fourth-order valence-corrected chi connectivity index (χ4v) is 6.18. The molecule has 0 unspecified atom stereocenters. The fourth-order valence-electron chi connectivity index (χ4n) is 3.97. The maximum atomic E-state index is 13.3. The van der Waals surface area contributed by atoms with E-state index in [-0.39, 0.29) is 11.4 Å². The second-order valence-corrected chi connectivity index (χ2v) is 9.92. The number of para-hydroxylation sites is 1. The van der Waals surface area contributed by atoms with Crippen LogP contribution in [-0.4, -0.2) is 24.1 Å². The monoisotopic (exact) mass is 416 g/mol. The normalized spacial score (nSPS) is 16.3. The van der Waals surface area contributed by atoms with Gasteiger partial charge in [-0.15, -0.1) is 0 Å². The number of H-pyrrole nitrogens is 1. The number of carbonyl (C=O) groups excluding carboxylic acids is 1. The number of aromatic amines is 1. The van der Waals surface area contributed by atoms with E-state index in [0.717, 1.165) is 16.6 Å². The van der Waals surface area contributed by atoms with Crippen LogP contribution < -0.4 is 5.32 Å². The Morgan fingerprint density at radius 1 is 1.07 bits per heavy atom. The van der Waals surface area contributed by atoms with Crippen LogP contribution in [0.1, 0.15) is 31.4 Å². The maximum Gasteiger partial charge on any atom is 0.242 e. The summed E-state index contributed by atoms with van der Waals surface area (Å²) in [5.74, 6) is -0.432. The molecule has 0 aliphatic heterocycles. The summed E-state index contributed by atoms with van der Waals surface area (Å²) in [6, 6.07) is 15.8. The molecule has 1 fully saturated rings. The lowest BCUT2D eigenvalue weighted by Crippen LogP contribution is -2.50. The van der Waals surface area contributed by atoms with E-state index < -0.39 is 20.5 Å². The van der Waals surface area contributed by atoms with Gasteiger partial charge in [0.25, 0.3) is 0 Å². The quantitative estimate of drug-likeness (QED) is 0.653. The third kappa shape index (κ3) is 3.20. The summed E-state index contributed by atoms with van der Waals surface area (Å²) in [5, 5.41) is 4.37. The predicted octanol–water partition coefficient (Wildman–Crippen LogP) is 4.22. The largest absolute Gasteiger partial charge is 0.357 e. The summed E-state index contributed by atoms with van der Waals surface area (Å²) >= 11 is 5.89. The second-order valence-electron chi connectivity index (χ2n) is 7.22. The first-order valence-corrected chi connectivity index (χ1v) is 11.1. The Bertz CT molecular complexity index is 1080. The first-order valence-electron chi connectivity index (χ1n) is 9.27. The minimum Gasteiger partial charge on any atom is -0.357 e. The topological polar surface area (TPSA) is 79.0 Å². The molecule has 0 radical (unpaired) electrons. The average molecular weight is 417 g/mol. The maximum absolute atomic E-state index is 13.3. The Morgan fingerprint density at radius 3 is 2.43 bits per heavy atom. The highest BCUT2D eigenvalue weighted by Crippen LogP contribution is 2.41. The van der Waals surface area contributed by atoms with E-state index >= 15 is 0 Å². The summed E-state index contributed by atoms with van der Waals surface area (Å²) in [5.41, 5.74) is 1.82. The van der Waals surface area contributed by atoms with Gasteiger partial charge in [0.2, 0.25) is 5.91 Å². The van der Waals surface area contributed by atoms with E-state index in [0.29, 0.717) is 30.7 Å². The Morgan fingerprint density at radius 2 is 1.75 bits per heavy atom. The van der Waals surface area contributed by atoms with Crippen LogP contribution in [0.15, 0.2) is 59.5 Å². The fraction of sp³-hybridized carbons (Fsp3) is 0.286. The molecule has 0 atom stereocenters. The third-order valence-electron chi connectivity index (χ3n) is 5.49. The number of carbonyl (C=O) groups is 1. The molecule has 0 saturated heterocycles. The van der Waals surface area contributed by atoms with Crippen molar-refractivity contribution < 1.29 is 13.2 Å². The molecule has 5 nitrogen and oxygen atoms in total. The Kier molecular flexibility index (Phi) is 4.93. The van der Waals surface area contributed by atoms with E-state index in [1.807, 2.05) is 30.3 Å². The van der Waals surface area contributed by atoms with E-state index in [1.54, 1.807) is 12.1 Å². The Labute approximate surface area is 169 Å². The standard InChI is InChI=1S/C21H21ClN2O3S/c22-16-7-9-18(10-8-16)28(26,27)21(11-3-4-12-21)20(25)23-14-17-13-15-5-1-2-6-19(15)24-17/h1-2,5-10,13,24H,3-4,11-12,14H2,(H,23,25). The predicted molar refractivity (Wildman–Crippen MR) is 110 cm³/mol. The average Bonchev–Trinajstić information content (AvgIpc) is 3.34. The van der Waals surface area contributed by atoms with Gasteiger partial charge < -0.3 is 10.3 Å². The van der Waals surface area contributed by atoms with Gasteiger partial charge in [0, 0.05) is 16.2 Å². The van der Waals surface area contributed by atoms with Gasteiger partial charge in [0.15, 0.2) is 14.6 Å². The Balaban J connectivity index is 1.59. The summed E-state index contributed by atoms with van der Waals surface area (Å²) in [6.07, 6.45) is 2.09. The Hall–Kier alpha value is -2.31. The molecule has 1 heterocycles. The van der Waals surface area contributed by atoms with E-state index in [9.17, 15) is 13.2 Å². The molecule has 1 aromatic heterocycles. The summed E-state index contributed by atoms with van der Waals surface area (Å²) in [7, 11) is -3.83. The van der Waals surface area contributed by atoms with Gasteiger partial charge in [-0.1, -0.05) is 42.6 Å². The molecule has 3 aromatic rings. The van der Waals surface area contributed by atoms with Gasteiger partial charge in [0.1, 0.15) is 0 Å². The smallest absolute Gasteiger partial charge is 0.242 e. The highest BCUT2D eigenvalue weighted by molar-refractivity contribution is 7.93. The molecule has 2 N–H and O–H groups in total. The number of hydrogen-bond donors (Lipinski definition) is 2. The molecule has 1 amide bonds. The van der Waals surface area contributed by atoms with E-state index in [2.05, 4.69) is 10.3 Å². The first-order chi connectivity index (χ1) is 13.4. The second kappa shape index (κ2) is 7.26. The van der Waals surface area contributed by atoms with Crippen molar-refractivity contribution in [2.75, 3.05) is 0 Å². The molecule has 1 saturated carbocycles. The summed E-state index contributed by atoms with van der Waals surface area (Å²) in [6.45, 7) is 0.255. The van der Waals surface area contributed by atoms with Crippen molar-refractivity contribution in [3.8, 4) is 0 Å². The molecule has 146 valence electrons. The van der Waals surface area contributed by atoms with Crippen LogP contribution >= 0.6 is 11.6 Å². The number of rotatable bonds is 5. The molecule has 0 bridgehead atoms. The van der Waals surface area contributed by atoms with Gasteiger partial charge >= 0.3 is 0 Å². The van der Waals surface area contributed by atoms with Crippen molar-refractivity contribution in [1.82, 2.24) is 10.3 Å². The minimum absolute atomic E-state index is 0.138. The van der Waals surface area contributed by atoms with Crippen LogP contribution in [0.3, 0.4) is 0 Å². The first kappa shape index (κ1) is 19.0. The lowest BCUT2D eigenvalue weighted by atomic mass is 10.1. The van der Waals surface area contributed by atoms with Crippen LogP contribution in [0.5, 0.6) is 0 Å². The zero-order valence-electron chi connectivity index (χ0n) is 15.2. The lowest BCUT2D eigenvalue weighted by molar-refractivity contribution is -0.123. The minimum atomic E-state index is -3.83. The van der Waals surface area contributed by atoms with Gasteiger partial charge in [0.05, 0.1) is 11.4 Å². The summed E-state index contributed by atoms with van der Waals surface area (Å²) in [4.78, 5) is 16.5. The van der Waals surface area contributed by atoms with Crippen LogP contribution in [0.25, 0.3) is 10.9 Å². The number of halogens is 1. The van der Waals surface area contributed by atoms with Crippen molar-refractivity contribution >= 4 is 38.2 Å². The van der Waals surface area contributed by atoms with E-state index in [4.69, 9.17) is 11.6 Å². The molecule has 4 rings (SSSR count). The van der Waals surface area contributed by atoms with Crippen molar-refractivity contribution in [1.29, 1.82) is 0 Å². The number of nitrogens with one attached hydrogen (secondary N) is 2. The number of benzene rings is 2. The van der Waals surface area contributed by atoms with Crippen LogP contribution in [-0.2, 0) is 21.2 Å². The molecular formula is C21H21ClN2O3S. The molecular weight excluding hydrogens is 396 g/mol. The highest BCUT2D eigenvalue weighted by Gasteiger charge is 2.52. The molecule has 1 aliphatic carbocycles. The number of amides is 1. The molecule has 7 heteroatoms. The van der Waals surface area contributed by atoms with Gasteiger partial charge in [-0.2, -0.15) is 0 Å². The highest BCUT2D eigenvalue weighted by atomic mass is 35.5. The third-order valence-corrected chi connectivity index (χ3v) is 8.26. The zero-order chi connectivity index (χ0) is 19.8. The molecule has 2 aromatic carbocycles. The molecule has 1 aliphatic rings. The SMILES string of the molecule is O=C(NCc1cc2ccccc2[nH]1)C1(S(=O)(=O)c2ccc(Cl)cc2)CCCC1. The number of fused-ring (bicyclic) bond motifs is 1. The zero-order valence-corrected chi connectivity index (χ0v) is 16.8. The number of aromatic nitrogens is 1. The van der Waals surface area contributed by atoms with Gasteiger partial charge in [-0.05, 0) is 54.6 Å². The number of hydrogen-bond acceptors (Lipinski definition) is 3. The van der Waals surface area contributed by atoms with Crippen LogP contribution in [0.2, 0.25) is 5.02 Å². The number of sulfone groups is 1. The summed E-state index contributed by atoms with van der Waals surface area (Å²) < 4.78 is 25.3. The van der Waals surface area contributed by atoms with E-state index in [1.165, 1.54) is 12.1 Å². The van der Waals surface area contributed by atoms with Crippen molar-refractivity contribution in [2.45, 2.75) is 41.9 Å². The lowest BCUT2D eigenvalue weighted by Gasteiger charge is -2.27. The van der Waals surface area contributed by atoms with Crippen LogP contribution in [0, 0.1) is 0 Å². The van der Waals surface area contributed by atoms with Gasteiger partial charge in [-0.3, -0.25) is 4.79 Å². The van der Waals surface area contributed by atoms with Crippen molar-refractivity contribution in [2.24, 2.45) is 0 Å². The molecule has 28 heavy (non-hydrogen) atoms. The van der Waals surface area contributed by atoms with Crippen LogP contribution in [0.4, 0.5) is 0 Å². The van der Waals surface area contributed by atoms with Crippen molar-refractivity contribution in [3.05, 3.63) is 65.3 Å². The van der Waals surface area contributed by atoms with Gasteiger partial charge in [-0.25, -0.2) is 8.42 Å².